The summed E-state index contributed by atoms with van der Waals surface area (Å²) in [6.45, 7) is 10.4. The summed E-state index contributed by atoms with van der Waals surface area (Å²) >= 11 is 0. The van der Waals surface area contributed by atoms with E-state index in [0.29, 0.717) is 18.8 Å². The second-order valence-electron chi connectivity index (χ2n) is 9.64. The van der Waals surface area contributed by atoms with Crippen LogP contribution < -0.4 is 5.32 Å². The van der Waals surface area contributed by atoms with Crippen molar-refractivity contribution in [3.8, 4) is 0 Å². The van der Waals surface area contributed by atoms with Gasteiger partial charge >= 0.3 is 5.97 Å². The van der Waals surface area contributed by atoms with Gasteiger partial charge in [0.05, 0.1) is 12.2 Å². The Labute approximate surface area is 179 Å². The molecule has 1 aliphatic carbocycles. The molecule has 0 aromatic rings. The van der Waals surface area contributed by atoms with Crippen LogP contribution in [0.4, 0.5) is 0 Å². The predicted molar refractivity (Wildman–Crippen MR) is 114 cm³/mol. The van der Waals surface area contributed by atoms with Gasteiger partial charge in [-0.25, -0.2) is 4.79 Å². The van der Waals surface area contributed by atoms with Crippen molar-refractivity contribution >= 4 is 11.9 Å². The monoisotopic (exact) mass is 417 g/mol. The molecule has 1 amide bonds. The normalized spacial score (nSPS) is 42.5. The highest BCUT2D eigenvalue weighted by Gasteiger charge is 2.64. The Hall–Kier alpha value is -1.92. The van der Waals surface area contributed by atoms with Crippen molar-refractivity contribution in [2.75, 3.05) is 0 Å². The van der Waals surface area contributed by atoms with Gasteiger partial charge in [0, 0.05) is 24.0 Å². The fraction of sp³-hybridized carbons (Fsp3) is 0.667. The van der Waals surface area contributed by atoms with Crippen LogP contribution in [0.5, 0.6) is 0 Å². The largest absolute Gasteiger partial charge is 0.444 e. The number of carbonyl (C=O) groups excluding carboxylic acids is 2. The molecule has 0 saturated carbocycles. The van der Waals surface area contributed by atoms with Gasteiger partial charge in [0.15, 0.2) is 0 Å². The quantitative estimate of drug-likeness (QED) is 0.474. The molecular formula is C24H35NO5. The van der Waals surface area contributed by atoms with Crippen molar-refractivity contribution in [2.24, 2.45) is 23.7 Å². The highest BCUT2D eigenvalue weighted by molar-refractivity contribution is 5.94. The summed E-state index contributed by atoms with van der Waals surface area (Å²) in [7, 11) is 0. The van der Waals surface area contributed by atoms with E-state index < -0.39 is 23.8 Å². The van der Waals surface area contributed by atoms with E-state index in [2.05, 4.69) is 39.1 Å². The molecule has 6 nitrogen and oxygen atoms in total. The Kier molecular flexibility index (Phi) is 6.58. The van der Waals surface area contributed by atoms with Crippen molar-refractivity contribution in [2.45, 2.75) is 77.7 Å². The lowest BCUT2D eigenvalue weighted by molar-refractivity contribution is -0.172. The van der Waals surface area contributed by atoms with Crippen molar-refractivity contribution in [1.82, 2.24) is 5.32 Å². The number of hydrogen-bond acceptors (Lipinski definition) is 5. The molecule has 0 bridgehead atoms. The minimum Gasteiger partial charge on any atom is -0.444 e. The average molecular weight is 418 g/mol. The fourth-order valence-corrected chi connectivity index (χ4v) is 5.27. The number of nitrogens with one attached hydrogen (secondary N) is 1. The lowest BCUT2D eigenvalue weighted by atomic mass is 9.63. The number of esters is 1. The highest BCUT2D eigenvalue weighted by Crippen LogP contribution is 2.50. The van der Waals surface area contributed by atoms with Crippen LogP contribution in [-0.2, 0) is 14.3 Å². The first-order valence-corrected chi connectivity index (χ1v) is 11.0. The van der Waals surface area contributed by atoms with Crippen molar-refractivity contribution < 1.29 is 24.5 Å². The lowest BCUT2D eigenvalue weighted by Crippen LogP contribution is -2.56. The van der Waals surface area contributed by atoms with Gasteiger partial charge in [-0.15, -0.1) is 0 Å². The van der Waals surface area contributed by atoms with E-state index in [1.54, 1.807) is 0 Å². The first kappa shape index (κ1) is 22.8. The molecule has 2 aliphatic heterocycles. The summed E-state index contributed by atoms with van der Waals surface area (Å²) in [4.78, 5) is 26.2. The van der Waals surface area contributed by atoms with Crippen molar-refractivity contribution in [3.63, 3.8) is 0 Å². The topological polar surface area (TPSA) is 95.9 Å². The smallest absolute Gasteiger partial charge is 0.331 e. The summed E-state index contributed by atoms with van der Waals surface area (Å²) in [6, 6.07) is -0.0792. The SMILES string of the molecule is CC1=C[C@H]2/C=C(/C)CC[C@@H](O)[C@@H](O)/C=C\C(=O)O[C@@]23C(=O)N[C@@H](CC(C)C)[C@H]3[C@H]1C. The molecule has 0 aromatic carbocycles. The van der Waals surface area contributed by atoms with E-state index in [4.69, 9.17) is 4.74 Å². The first-order valence-electron chi connectivity index (χ1n) is 11.0. The summed E-state index contributed by atoms with van der Waals surface area (Å²) in [6.07, 6.45) is 6.06. The van der Waals surface area contributed by atoms with E-state index in [-0.39, 0.29) is 29.7 Å². The zero-order valence-electron chi connectivity index (χ0n) is 18.6. The molecule has 6 heteroatoms. The van der Waals surface area contributed by atoms with Gasteiger partial charge in [-0.1, -0.05) is 44.1 Å². The van der Waals surface area contributed by atoms with Crippen molar-refractivity contribution in [1.29, 1.82) is 0 Å². The Bertz CT molecular complexity index is 782. The molecule has 2 heterocycles. The van der Waals surface area contributed by atoms with Crippen LogP contribution in [0.25, 0.3) is 0 Å². The zero-order chi connectivity index (χ0) is 22.2. The van der Waals surface area contributed by atoms with E-state index in [9.17, 15) is 19.8 Å². The maximum Gasteiger partial charge on any atom is 0.331 e. The number of rotatable bonds is 2. The highest BCUT2D eigenvalue weighted by atomic mass is 16.6. The lowest BCUT2D eigenvalue weighted by Gasteiger charge is -2.45. The Balaban J connectivity index is 2.13. The zero-order valence-corrected chi connectivity index (χ0v) is 18.6. The molecule has 0 aromatic heterocycles. The van der Waals surface area contributed by atoms with Crippen LogP contribution in [0, 0.1) is 23.7 Å². The fourth-order valence-electron chi connectivity index (χ4n) is 5.27. The minimum atomic E-state index is -1.32. The third kappa shape index (κ3) is 4.12. The molecule has 3 rings (SSSR count). The molecule has 1 fully saturated rings. The van der Waals surface area contributed by atoms with Crippen LogP contribution in [0.1, 0.15) is 53.9 Å². The van der Waals surface area contributed by atoms with E-state index >= 15 is 0 Å². The maximum absolute atomic E-state index is 13.4. The molecule has 7 atom stereocenters. The summed E-state index contributed by atoms with van der Waals surface area (Å²) in [5.41, 5.74) is 0.858. The molecule has 1 saturated heterocycles. The molecule has 0 radical (unpaired) electrons. The number of carbonyl (C=O) groups is 2. The number of ether oxygens (including phenoxy) is 1. The van der Waals surface area contributed by atoms with Gasteiger partial charge in [0.25, 0.3) is 5.91 Å². The molecule has 0 unspecified atom stereocenters. The van der Waals surface area contributed by atoms with E-state index in [0.717, 1.165) is 18.1 Å². The second-order valence-corrected chi connectivity index (χ2v) is 9.64. The van der Waals surface area contributed by atoms with Crippen LogP contribution in [-0.4, -0.2) is 45.9 Å². The van der Waals surface area contributed by atoms with Gasteiger partial charge in [-0.05, 0) is 51.0 Å². The van der Waals surface area contributed by atoms with Crippen LogP contribution in [0.2, 0.25) is 0 Å². The molecule has 30 heavy (non-hydrogen) atoms. The number of aliphatic hydroxyl groups is 2. The van der Waals surface area contributed by atoms with Gasteiger partial charge in [0.1, 0.15) is 0 Å². The third-order valence-corrected chi connectivity index (χ3v) is 6.91. The third-order valence-electron chi connectivity index (χ3n) is 6.91. The van der Waals surface area contributed by atoms with E-state index in [1.807, 2.05) is 13.0 Å². The number of aliphatic hydroxyl groups excluding tert-OH is 2. The van der Waals surface area contributed by atoms with Crippen LogP contribution >= 0.6 is 0 Å². The standard InChI is InChI=1S/C24H35NO5/c1-13(2)10-18-22-16(5)15(4)12-17-11-14(3)6-7-19(26)20(27)8-9-21(28)30-24(17,22)23(29)25-18/h8-9,11-13,16-20,22,26-27H,6-7,10H2,1-5H3,(H,25,29)/b9-8-,14-11-/t16-,17+,18-,19+,20-,22+,24-/m0/s1. The van der Waals surface area contributed by atoms with Gasteiger partial charge < -0.3 is 20.3 Å². The molecular weight excluding hydrogens is 382 g/mol. The van der Waals surface area contributed by atoms with Gasteiger partial charge in [-0.3, -0.25) is 4.79 Å². The van der Waals surface area contributed by atoms with Gasteiger partial charge in [-0.2, -0.15) is 0 Å². The second kappa shape index (κ2) is 8.67. The van der Waals surface area contributed by atoms with Crippen LogP contribution in [0.15, 0.2) is 35.5 Å². The number of allylic oxidation sites excluding steroid dienone is 2. The van der Waals surface area contributed by atoms with Crippen LogP contribution in [0.3, 0.4) is 0 Å². The molecule has 3 aliphatic rings. The average Bonchev–Trinajstić information content (AvgIpc) is 2.93. The summed E-state index contributed by atoms with van der Waals surface area (Å²) < 4.78 is 5.99. The Morgan fingerprint density at radius 1 is 1.23 bits per heavy atom. The van der Waals surface area contributed by atoms with Gasteiger partial charge in [0.2, 0.25) is 5.60 Å². The first-order chi connectivity index (χ1) is 14.1. The Morgan fingerprint density at radius 3 is 2.60 bits per heavy atom. The Morgan fingerprint density at radius 2 is 1.93 bits per heavy atom. The van der Waals surface area contributed by atoms with Crippen molar-refractivity contribution in [3.05, 3.63) is 35.5 Å². The number of hydrogen-bond donors (Lipinski definition) is 3. The summed E-state index contributed by atoms with van der Waals surface area (Å²) in [5, 5.41) is 23.4. The predicted octanol–water partition coefficient (Wildman–Crippen LogP) is 2.66. The molecule has 3 N–H and O–H groups in total. The minimum absolute atomic E-state index is 0.0785. The maximum atomic E-state index is 13.4. The summed E-state index contributed by atoms with van der Waals surface area (Å²) in [5.74, 6) is -1.02. The molecule has 166 valence electrons. The van der Waals surface area contributed by atoms with E-state index in [1.165, 1.54) is 11.6 Å². The molecule has 1 spiro atoms. The number of amides is 1.